The van der Waals surface area contributed by atoms with E-state index in [0.29, 0.717) is 15.9 Å². The maximum absolute atomic E-state index is 13.7. The van der Waals surface area contributed by atoms with Gasteiger partial charge in [0.25, 0.3) is 5.91 Å². The molecule has 0 radical (unpaired) electrons. The second-order valence-electron chi connectivity index (χ2n) is 10.1. The molecule has 2 atom stereocenters. The smallest absolute Gasteiger partial charge is 0.258 e. The summed E-state index contributed by atoms with van der Waals surface area (Å²) in [5.41, 5.74) is 3.61. The summed E-state index contributed by atoms with van der Waals surface area (Å²) in [4.78, 5) is 16.3. The van der Waals surface area contributed by atoms with E-state index in [1.165, 1.54) is 31.2 Å². The fraction of sp³-hybridized carbons (Fsp3) is 0.500. The first-order chi connectivity index (χ1) is 15.3. The minimum Gasteiger partial charge on any atom is -0.307 e. The molecule has 0 bridgehead atoms. The number of hydrogen-bond donors (Lipinski definition) is 1. The van der Waals surface area contributed by atoms with Crippen LogP contribution >= 0.6 is 15.9 Å². The van der Waals surface area contributed by atoms with Crippen molar-refractivity contribution < 1.29 is 9.00 Å². The van der Waals surface area contributed by atoms with Crippen LogP contribution < -0.4 is 9.62 Å². The Kier molecular flexibility index (Phi) is 5.83. The molecule has 3 aliphatic rings. The second kappa shape index (κ2) is 8.37. The topological polar surface area (TPSA) is 49.4 Å². The third-order valence-corrected chi connectivity index (χ3v) is 9.76. The van der Waals surface area contributed by atoms with Crippen LogP contribution in [0, 0.1) is 5.41 Å². The van der Waals surface area contributed by atoms with Crippen molar-refractivity contribution in [1.82, 2.24) is 4.72 Å². The van der Waals surface area contributed by atoms with Gasteiger partial charge < -0.3 is 4.90 Å². The van der Waals surface area contributed by atoms with Crippen LogP contribution in [0.3, 0.4) is 0 Å². The molecule has 2 unspecified atom stereocenters. The number of nitrogens with one attached hydrogen (secondary N) is 1. The second-order valence-corrected chi connectivity index (χ2v) is 12.2. The number of carbonyl (C=O) groups excluding carboxylic acids is 1. The van der Waals surface area contributed by atoms with Gasteiger partial charge in [-0.15, -0.1) is 0 Å². The maximum Gasteiger partial charge on any atom is 0.258 e. The summed E-state index contributed by atoms with van der Waals surface area (Å²) in [5, 5.41) is 0. The molecule has 0 saturated heterocycles. The molecule has 170 valence electrons. The van der Waals surface area contributed by atoms with E-state index in [1.807, 2.05) is 36.1 Å². The number of hydrogen-bond acceptors (Lipinski definition) is 2. The van der Waals surface area contributed by atoms with Gasteiger partial charge in [0.1, 0.15) is 11.0 Å². The van der Waals surface area contributed by atoms with Crippen LogP contribution in [0.25, 0.3) is 0 Å². The lowest BCUT2D eigenvalue weighted by atomic mass is 9.66. The Morgan fingerprint density at radius 2 is 1.84 bits per heavy atom. The number of halogens is 1. The van der Waals surface area contributed by atoms with Crippen LogP contribution in [-0.4, -0.2) is 22.7 Å². The van der Waals surface area contributed by atoms with E-state index in [-0.39, 0.29) is 17.4 Å². The molecule has 1 N–H and O–H groups in total. The summed E-state index contributed by atoms with van der Waals surface area (Å²) in [7, 11) is -1.33. The summed E-state index contributed by atoms with van der Waals surface area (Å²) >= 11 is 3.66. The number of anilines is 1. The predicted octanol–water partition coefficient (Wildman–Crippen LogP) is 6.11. The molecule has 1 amide bonds. The zero-order valence-corrected chi connectivity index (χ0v) is 21.2. The zero-order chi connectivity index (χ0) is 22.5. The van der Waals surface area contributed by atoms with Crippen molar-refractivity contribution in [1.29, 1.82) is 0 Å². The van der Waals surface area contributed by atoms with Crippen LogP contribution in [0.15, 0.2) is 51.8 Å². The summed E-state index contributed by atoms with van der Waals surface area (Å²) in [6.45, 7) is 4.82. The molecule has 32 heavy (non-hydrogen) atoms. The van der Waals surface area contributed by atoms with Gasteiger partial charge in [0, 0.05) is 33.7 Å². The van der Waals surface area contributed by atoms with E-state index in [2.05, 4.69) is 39.7 Å². The molecule has 2 fully saturated rings. The molecular formula is C26H31BrN2O2S. The highest BCUT2D eigenvalue weighted by Gasteiger charge is 2.53. The Labute approximate surface area is 201 Å². The molecule has 2 aliphatic carbocycles. The highest BCUT2D eigenvalue weighted by atomic mass is 79.9. The summed E-state index contributed by atoms with van der Waals surface area (Å²) in [5.74, 6) is -0.000420. The van der Waals surface area contributed by atoms with Crippen molar-refractivity contribution in [3.8, 4) is 0 Å². The van der Waals surface area contributed by atoms with Crippen LogP contribution in [0.2, 0.25) is 0 Å². The largest absolute Gasteiger partial charge is 0.307 e. The first-order valence-electron chi connectivity index (χ1n) is 11.7. The molecule has 2 aromatic rings. The Morgan fingerprint density at radius 1 is 1.12 bits per heavy atom. The minimum absolute atomic E-state index is 0.000420. The first kappa shape index (κ1) is 22.3. The van der Waals surface area contributed by atoms with Crippen molar-refractivity contribution in [3.63, 3.8) is 0 Å². The van der Waals surface area contributed by atoms with Gasteiger partial charge in [-0.2, -0.15) is 0 Å². The Morgan fingerprint density at radius 3 is 2.53 bits per heavy atom. The first-order valence-corrected chi connectivity index (χ1v) is 13.7. The van der Waals surface area contributed by atoms with Crippen LogP contribution in [0.1, 0.15) is 74.7 Å². The summed E-state index contributed by atoms with van der Waals surface area (Å²) in [6.07, 6.45) is 8.52. The quantitative estimate of drug-likeness (QED) is 0.522. The Hall–Kier alpha value is -1.50. The fourth-order valence-corrected chi connectivity index (χ4v) is 6.89. The highest BCUT2D eigenvalue weighted by molar-refractivity contribution is 9.10. The highest BCUT2D eigenvalue weighted by Crippen LogP contribution is 2.62. The predicted molar refractivity (Wildman–Crippen MR) is 133 cm³/mol. The van der Waals surface area contributed by atoms with Crippen molar-refractivity contribution in [3.05, 3.63) is 58.1 Å². The molecule has 4 nitrogen and oxygen atoms in total. The average Bonchev–Trinajstić information content (AvgIpc) is 3.51. The third kappa shape index (κ3) is 3.99. The molecule has 2 spiro atoms. The van der Waals surface area contributed by atoms with Gasteiger partial charge in [-0.25, -0.2) is 8.93 Å². The fourth-order valence-electron chi connectivity index (χ4n) is 5.42. The van der Waals surface area contributed by atoms with Crippen LogP contribution in [0.4, 0.5) is 5.69 Å². The number of fused-ring (bicyclic) bond motifs is 2. The van der Waals surface area contributed by atoms with E-state index in [1.54, 1.807) is 6.07 Å². The van der Waals surface area contributed by atoms with E-state index in [9.17, 15) is 9.00 Å². The minimum atomic E-state index is -1.33. The van der Waals surface area contributed by atoms with Crippen molar-refractivity contribution in [2.45, 2.75) is 75.1 Å². The molecule has 1 aliphatic heterocycles. The molecule has 1 heterocycles. The molecule has 2 saturated carbocycles. The SMILES string of the molecule is CCC(C)NS(=O)c1cccc(C(=O)N2CC3(CCC4(CC4)CC3)c3cc(Br)ccc32)c1. The van der Waals surface area contributed by atoms with Crippen molar-refractivity contribution in [2.24, 2.45) is 5.41 Å². The van der Waals surface area contributed by atoms with Gasteiger partial charge in [0.2, 0.25) is 0 Å². The van der Waals surface area contributed by atoms with Gasteiger partial charge >= 0.3 is 0 Å². The standard InChI is InChI=1S/C26H31BrN2O2S/c1-3-18(2)28-32(31)21-6-4-5-19(15-21)24(30)29-17-26(13-11-25(9-10-25)12-14-26)22-16-20(27)7-8-23(22)29/h4-8,15-16,18,28H,3,9-14,17H2,1-2H3. The zero-order valence-electron chi connectivity index (χ0n) is 18.8. The lowest BCUT2D eigenvalue weighted by Crippen LogP contribution is -2.40. The van der Waals surface area contributed by atoms with E-state index in [4.69, 9.17) is 0 Å². The Bertz CT molecular complexity index is 1070. The van der Waals surface area contributed by atoms with E-state index in [0.717, 1.165) is 36.0 Å². The third-order valence-electron chi connectivity index (χ3n) is 7.97. The number of benzene rings is 2. The van der Waals surface area contributed by atoms with Gasteiger partial charge in [-0.3, -0.25) is 4.79 Å². The number of nitrogens with zero attached hydrogens (tertiary/aromatic N) is 1. The van der Waals surface area contributed by atoms with Crippen molar-refractivity contribution >= 4 is 38.5 Å². The van der Waals surface area contributed by atoms with Gasteiger partial charge in [0.05, 0.1) is 4.90 Å². The van der Waals surface area contributed by atoms with Gasteiger partial charge in [-0.05, 0) is 99.2 Å². The monoisotopic (exact) mass is 514 g/mol. The van der Waals surface area contributed by atoms with E-state index < -0.39 is 11.0 Å². The number of rotatable bonds is 5. The van der Waals surface area contributed by atoms with Crippen molar-refractivity contribution in [2.75, 3.05) is 11.4 Å². The summed E-state index contributed by atoms with van der Waals surface area (Å²) < 4.78 is 16.9. The lowest BCUT2D eigenvalue weighted by molar-refractivity contribution is 0.0980. The molecule has 6 heteroatoms. The molecule has 2 aromatic carbocycles. The normalized spacial score (nSPS) is 22.0. The summed E-state index contributed by atoms with van der Waals surface area (Å²) in [6, 6.07) is 13.8. The molecule has 0 aromatic heterocycles. The number of amides is 1. The Balaban J connectivity index is 1.43. The van der Waals surface area contributed by atoms with E-state index >= 15 is 0 Å². The van der Waals surface area contributed by atoms with Crippen LogP contribution in [0.5, 0.6) is 0 Å². The number of carbonyl (C=O) groups is 1. The molecule has 5 rings (SSSR count). The van der Waals surface area contributed by atoms with Gasteiger partial charge in [-0.1, -0.05) is 28.9 Å². The van der Waals surface area contributed by atoms with Gasteiger partial charge in [0.15, 0.2) is 0 Å². The molecular weight excluding hydrogens is 484 g/mol. The average molecular weight is 516 g/mol. The lowest BCUT2D eigenvalue weighted by Gasteiger charge is -2.38. The van der Waals surface area contributed by atoms with Crippen LogP contribution in [-0.2, 0) is 16.4 Å². The maximum atomic E-state index is 13.7.